The van der Waals surface area contributed by atoms with Gasteiger partial charge in [-0.05, 0) is 59.2 Å². The first-order chi connectivity index (χ1) is 20.2. The summed E-state index contributed by atoms with van der Waals surface area (Å²) in [6.45, 7) is 7.69. The third-order valence-corrected chi connectivity index (χ3v) is 7.10. The number of rotatable bonds is 16. The number of aromatic amines is 1. The van der Waals surface area contributed by atoms with Crippen LogP contribution in [-0.2, 0) is 32.7 Å². The first-order valence-electron chi connectivity index (χ1n) is 14.1. The van der Waals surface area contributed by atoms with Gasteiger partial charge in [-0.25, -0.2) is 4.98 Å². The lowest BCUT2D eigenvalue weighted by molar-refractivity contribution is 0.264. The molecule has 9 heteroatoms. The van der Waals surface area contributed by atoms with Crippen LogP contribution in [0.25, 0.3) is 11.0 Å². The number of benzene rings is 2. The summed E-state index contributed by atoms with van der Waals surface area (Å²) < 4.78 is 0. The lowest BCUT2D eigenvalue weighted by Crippen LogP contribution is -2.36. The Labute approximate surface area is 246 Å². The van der Waals surface area contributed by atoms with Crippen molar-refractivity contribution in [1.29, 1.82) is 0 Å². The van der Waals surface area contributed by atoms with Crippen LogP contribution in [0.1, 0.15) is 28.2 Å². The first kappa shape index (κ1) is 28.9. The largest absolute Gasteiger partial charge is 0.341 e. The number of imidazole rings is 1. The van der Waals surface area contributed by atoms with Crippen LogP contribution in [0.4, 0.5) is 0 Å². The smallest absolute Gasteiger partial charge is 0.121 e. The monoisotopic (exact) mass is 568 g/mol. The normalized spacial score (nSPS) is 11.5. The highest BCUT2D eigenvalue weighted by atomic mass is 35.5. The highest BCUT2D eigenvalue weighted by Crippen LogP contribution is 2.17. The second-order valence-electron chi connectivity index (χ2n) is 10.1. The van der Waals surface area contributed by atoms with E-state index in [2.05, 4.69) is 83.3 Å². The SMILES string of the molecule is Clc1ccc2nc(CNCc3ccc(CN(CCNCc4ccncc4)CCNCc4ccccn4)cc3)[nH]c2c1. The molecule has 0 atom stereocenters. The van der Waals surface area contributed by atoms with E-state index in [9.17, 15) is 0 Å². The summed E-state index contributed by atoms with van der Waals surface area (Å²) in [5, 5.41) is 11.3. The van der Waals surface area contributed by atoms with E-state index in [1.54, 1.807) is 0 Å². The average Bonchev–Trinajstić information content (AvgIpc) is 3.41. The Morgan fingerprint density at radius 2 is 1.44 bits per heavy atom. The predicted octanol–water partition coefficient (Wildman–Crippen LogP) is 4.68. The van der Waals surface area contributed by atoms with E-state index >= 15 is 0 Å². The van der Waals surface area contributed by atoms with E-state index in [1.165, 1.54) is 16.7 Å². The van der Waals surface area contributed by atoms with Crippen LogP contribution >= 0.6 is 11.6 Å². The number of pyridine rings is 2. The summed E-state index contributed by atoms with van der Waals surface area (Å²) in [5.74, 6) is 0.906. The summed E-state index contributed by atoms with van der Waals surface area (Å²) in [5.41, 5.74) is 6.75. The molecule has 4 N–H and O–H groups in total. The Morgan fingerprint density at radius 3 is 2.22 bits per heavy atom. The highest BCUT2D eigenvalue weighted by Gasteiger charge is 2.08. The van der Waals surface area contributed by atoms with E-state index in [1.807, 2.05) is 48.9 Å². The fourth-order valence-corrected chi connectivity index (χ4v) is 4.83. The Morgan fingerprint density at radius 1 is 0.707 bits per heavy atom. The number of H-pyrrole nitrogens is 1. The van der Waals surface area contributed by atoms with E-state index < -0.39 is 0 Å². The minimum Gasteiger partial charge on any atom is -0.341 e. The number of halogens is 1. The highest BCUT2D eigenvalue weighted by molar-refractivity contribution is 6.31. The molecule has 2 aromatic carbocycles. The quantitative estimate of drug-likeness (QED) is 0.128. The van der Waals surface area contributed by atoms with Gasteiger partial charge >= 0.3 is 0 Å². The Hall–Kier alpha value is -3.66. The molecule has 0 aliphatic carbocycles. The summed E-state index contributed by atoms with van der Waals surface area (Å²) >= 11 is 6.09. The van der Waals surface area contributed by atoms with Gasteiger partial charge in [-0.15, -0.1) is 0 Å². The van der Waals surface area contributed by atoms with E-state index in [0.29, 0.717) is 11.6 Å². The van der Waals surface area contributed by atoms with Gasteiger partial charge in [-0.2, -0.15) is 0 Å². The molecule has 3 heterocycles. The van der Waals surface area contributed by atoms with Crippen molar-refractivity contribution in [1.82, 2.24) is 40.8 Å². The van der Waals surface area contributed by atoms with Crippen LogP contribution in [-0.4, -0.2) is 51.0 Å². The van der Waals surface area contributed by atoms with Crippen molar-refractivity contribution in [3.8, 4) is 0 Å². The van der Waals surface area contributed by atoms with Crippen molar-refractivity contribution < 1.29 is 0 Å². The van der Waals surface area contributed by atoms with Gasteiger partial charge in [0.1, 0.15) is 5.82 Å². The molecule has 0 bridgehead atoms. The standard InChI is InChI=1S/C32H37ClN8/c33-28-8-9-30-31(19-28)40-32(39-30)23-37-21-25-4-6-27(7-5-25)24-41(17-15-35-20-26-10-13-34-14-11-26)18-16-36-22-29-3-1-2-12-38-29/h1-14,19,35-37H,15-18,20-24H2,(H,39,40). The molecule has 0 amide bonds. The van der Waals surface area contributed by atoms with Gasteiger partial charge in [0, 0.05) is 76.0 Å². The molecule has 8 nitrogen and oxygen atoms in total. The topological polar surface area (TPSA) is 93.8 Å². The third kappa shape index (κ3) is 9.45. The van der Waals surface area contributed by atoms with E-state index in [0.717, 1.165) is 74.9 Å². The predicted molar refractivity (Wildman–Crippen MR) is 165 cm³/mol. The Balaban J connectivity index is 1.09. The van der Waals surface area contributed by atoms with Crippen LogP contribution in [0.15, 0.2) is 91.4 Å². The van der Waals surface area contributed by atoms with Crippen LogP contribution in [0.3, 0.4) is 0 Å². The van der Waals surface area contributed by atoms with Crippen molar-refractivity contribution in [3.05, 3.63) is 125 Å². The Kier molecular flexibility index (Phi) is 10.8. The molecule has 5 rings (SSSR count). The van der Waals surface area contributed by atoms with Gasteiger partial charge in [-0.3, -0.25) is 14.9 Å². The summed E-state index contributed by atoms with van der Waals surface area (Å²) in [7, 11) is 0. The first-order valence-corrected chi connectivity index (χ1v) is 14.4. The second kappa shape index (κ2) is 15.4. The van der Waals surface area contributed by atoms with Crippen molar-refractivity contribution in [2.45, 2.75) is 32.7 Å². The molecule has 5 aromatic rings. The maximum Gasteiger partial charge on any atom is 0.121 e. The molecule has 0 radical (unpaired) electrons. The summed E-state index contributed by atoms with van der Waals surface area (Å²) in [6, 6.07) is 24.7. The Bertz CT molecular complexity index is 1410. The molecule has 0 spiro atoms. The fourth-order valence-electron chi connectivity index (χ4n) is 4.66. The average molecular weight is 569 g/mol. The van der Waals surface area contributed by atoms with Crippen molar-refractivity contribution in [3.63, 3.8) is 0 Å². The fraction of sp³-hybridized carbons (Fsp3) is 0.281. The minimum absolute atomic E-state index is 0.666. The van der Waals surface area contributed by atoms with Crippen molar-refractivity contribution in [2.24, 2.45) is 0 Å². The molecule has 212 valence electrons. The maximum absolute atomic E-state index is 6.09. The molecule has 41 heavy (non-hydrogen) atoms. The lowest BCUT2D eigenvalue weighted by Gasteiger charge is -2.23. The summed E-state index contributed by atoms with van der Waals surface area (Å²) in [4.78, 5) is 19.0. The number of hydrogen-bond donors (Lipinski definition) is 4. The van der Waals surface area contributed by atoms with Gasteiger partial charge in [0.15, 0.2) is 0 Å². The number of aromatic nitrogens is 4. The molecule has 0 saturated heterocycles. The van der Waals surface area contributed by atoms with E-state index in [4.69, 9.17) is 11.6 Å². The van der Waals surface area contributed by atoms with Gasteiger partial charge in [0.05, 0.1) is 23.3 Å². The number of fused-ring (bicyclic) bond motifs is 1. The minimum atomic E-state index is 0.666. The number of hydrogen-bond acceptors (Lipinski definition) is 7. The van der Waals surface area contributed by atoms with Crippen molar-refractivity contribution in [2.75, 3.05) is 26.2 Å². The number of nitrogens with one attached hydrogen (secondary N) is 4. The third-order valence-electron chi connectivity index (χ3n) is 6.86. The van der Waals surface area contributed by atoms with Gasteiger partial charge < -0.3 is 20.9 Å². The van der Waals surface area contributed by atoms with Crippen molar-refractivity contribution >= 4 is 22.6 Å². The van der Waals surface area contributed by atoms with E-state index in [-0.39, 0.29) is 0 Å². The molecular formula is C32H37ClN8. The number of nitrogens with zero attached hydrogens (tertiary/aromatic N) is 4. The van der Waals surface area contributed by atoms with Gasteiger partial charge in [0.25, 0.3) is 0 Å². The molecular weight excluding hydrogens is 532 g/mol. The molecule has 0 aliphatic rings. The zero-order valence-electron chi connectivity index (χ0n) is 23.2. The molecule has 0 saturated carbocycles. The lowest BCUT2D eigenvalue weighted by atomic mass is 10.1. The second-order valence-corrected chi connectivity index (χ2v) is 10.5. The summed E-state index contributed by atoms with van der Waals surface area (Å²) in [6.07, 6.45) is 5.52. The van der Waals surface area contributed by atoms with Crippen LogP contribution < -0.4 is 16.0 Å². The molecule has 0 aliphatic heterocycles. The maximum atomic E-state index is 6.09. The van der Waals surface area contributed by atoms with Crippen LogP contribution in [0.5, 0.6) is 0 Å². The van der Waals surface area contributed by atoms with Crippen LogP contribution in [0, 0.1) is 0 Å². The molecule has 0 unspecified atom stereocenters. The van der Waals surface area contributed by atoms with Gasteiger partial charge in [-0.1, -0.05) is 41.9 Å². The van der Waals surface area contributed by atoms with Gasteiger partial charge in [0.2, 0.25) is 0 Å². The zero-order valence-corrected chi connectivity index (χ0v) is 23.9. The van der Waals surface area contributed by atoms with Crippen LogP contribution in [0.2, 0.25) is 5.02 Å². The molecule has 3 aromatic heterocycles. The molecule has 0 fully saturated rings. The zero-order chi connectivity index (χ0) is 28.1.